The van der Waals surface area contributed by atoms with E-state index in [0.717, 1.165) is 18.3 Å². The highest BCUT2D eigenvalue weighted by molar-refractivity contribution is 7.90. The summed E-state index contributed by atoms with van der Waals surface area (Å²) in [5, 5.41) is 24.8. The molecule has 0 amide bonds. The van der Waals surface area contributed by atoms with Crippen molar-refractivity contribution < 1.29 is 23.2 Å². The Morgan fingerprint density at radius 2 is 2.08 bits per heavy atom. The molecular formula is C15H12N4O6S. The van der Waals surface area contributed by atoms with E-state index in [9.17, 15) is 23.6 Å². The molecule has 134 valence electrons. The summed E-state index contributed by atoms with van der Waals surface area (Å²) in [6, 6.07) is 8.39. The minimum absolute atomic E-state index is 0.00809. The SMILES string of the molecule is COc1cc([N+](=O)[O-])cc(C=NNC2=NS(=O)(=O)c3ccccc32)c1O. The second-order valence-electron chi connectivity index (χ2n) is 5.12. The van der Waals surface area contributed by atoms with Crippen molar-refractivity contribution in [3.8, 4) is 11.5 Å². The Hall–Kier alpha value is -3.47. The Balaban J connectivity index is 1.91. The van der Waals surface area contributed by atoms with Gasteiger partial charge >= 0.3 is 0 Å². The standard InChI is InChI=1S/C15H12N4O6S/c1-25-12-7-10(19(21)22)6-9(14(12)20)8-16-17-15-11-4-2-3-5-13(11)26(23,24)18-15/h2-8,20H,1H3,(H,17,18). The van der Waals surface area contributed by atoms with Gasteiger partial charge in [0.2, 0.25) is 0 Å². The number of aromatic hydroxyl groups is 1. The van der Waals surface area contributed by atoms with Gasteiger partial charge < -0.3 is 9.84 Å². The minimum atomic E-state index is -3.79. The Labute approximate surface area is 147 Å². The Morgan fingerprint density at radius 1 is 1.35 bits per heavy atom. The van der Waals surface area contributed by atoms with Crippen LogP contribution in [0.15, 0.2) is 50.8 Å². The molecule has 2 aromatic rings. The number of hydrogen-bond acceptors (Lipinski definition) is 8. The van der Waals surface area contributed by atoms with Crippen LogP contribution in [0.1, 0.15) is 11.1 Å². The van der Waals surface area contributed by atoms with E-state index in [2.05, 4.69) is 14.9 Å². The van der Waals surface area contributed by atoms with Crippen molar-refractivity contribution in [3.05, 3.63) is 57.6 Å². The van der Waals surface area contributed by atoms with Gasteiger partial charge in [-0.15, -0.1) is 4.40 Å². The van der Waals surface area contributed by atoms with Crippen LogP contribution in [0.4, 0.5) is 5.69 Å². The first kappa shape index (κ1) is 17.4. The number of rotatable bonds is 4. The first-order valence-corrected chi connectivity index (χ1v) is 8.56. The number of phenols is 1. The van der Waals surface area contributed by atoms with Crippen molar-refractivity contribution in [2.24, 2.45) is 9.50 Å². The predicted octanol–water partition coefficient (Wildman–Crippen LogP) is 1.38. The third kappa shape index (κ3) is 3.07. The molecule has 3 rings (SSSR count). The Bertz CT molecular complexity index is 1060. The van der Waals surface area contributed by atoms with Gasteiger partial charge in [0.15, 0.2) is 17.3 Å². The number of ether oxygens (including phenoxy) is 1. The number of fused-ring (bicyclic) bond motifs is 1. The third-order valence-electron chi connectivity index (χ3n) is 3.53. The van der Waals surface area contributed by atoms with Crippen LogP contribution in [0.3, 0.4) is 0 Å². The topological polar surface area (TPSA) is 143 Å². The van der Waals surface area contributed by atoms with Gasteiger partial charge in [-0.2, -0.15) is 13.5 Å². The summed E-state index contributed by atoms with van der Waals surface area (Å²) in [5.74, 6) is -0.425. The molecule has 0 unspecified atom stereocenters. The highest BCUT2D eigenvalue weighted by Gasteiger charge is 2.28. The lowest BCUT2D eigenvalue weighted by Crippen LogP contribution is -2.17. The molecule has 11 heteroatoms. The zero-order valence-electron chi connectivity index (χ0n) is 13.3. The van der Waals surface area contributed by atoms with Crippen LogP contribution < -0.4 is 10.2 Å². The predicted molar refractivity (Wildman–Crippen MR) is 92.2 cm³/mol. The second kappa shape index (κ2) is 6.44. The molecular weight excluding hydrogens is 364 g/mol. The molecule has 0 radical (unpaired) electrons. The summed E-state index contributed by atoms with van der Waals surface area (Å²) >= 11 is 0. The average molecular weight is 376 g/mol. The van der Waals surface area contributed by atoms with Crippen LogP contribution in [0.2, 0.25) is 0 Å². The number of hydrazone groups is 1. The lowest BCUT2D eigenvalue weighted by atomic mass is 10.1. The minimum Gasteiger partial charge on any atom is -0.504 e. The Kier molecular flexibility index (Phi) is 4.30. The molecule has 0 saturated heterocycles. The summed E-state index contributed by atoms with van der Waals surface area (Å²) in [6.45, 7) is 0. The molecule has 2 aromatic carbocycles. The van der Waals surface area contributed by atoms with Crippen molar-refractivity contribution in [3.63, 3.8) is 0 Å². The van der Waals surface area contributed by atoms with Gasteiger partial charge in [-0.05, 0) is 12.1 Å². The van der Waals surface area contributed by atoms with Crippen molar-refractivity contribution >= 4 is 27.8 Å². The molecule has 1 aliphatic rings. The van der Waals surface area contributed by atoms with Crippen LogP contribution in [0, 0.1) is 10.1 Å². The molecule has 0 aromatic heterocycles. The fourth-order valence-corrected chi connectivity index (χ4v) is 3.49. The number of hydrogen-bond donors (Lipinski definition) is 2. The average Bonchev–Trinajstić information content (AvgIpc) is 2.87. The largest absolute Gasteiger partial charge is 0.504 e. The smallest absolute Gasteiger partial charge is 0.285 e. The number of nitrogens with one attached hydrogen (secondary N) is 1. The number of sulfonamides is 1. The molecule has 26 heavy (non-hydrogen) atoms. The number of non-ortho nitro benzene ring substituents is 1. The summed E-state index contributed by atoms with van der Waals surface area (Å²) in [4.78, 5) is 10.4. The molecule has 10 nitrogen and oxygen atoms in total. The highest BCUT2D eigenvalue weighted by Crippen LogP contribution is 2.33. The zero-order valence-corrected chi connectivity index (χ0v) is 14.1. The molecule has 1 aliphatic heterocycles. The summed E-state index contributed by atoms with van der Waals surface area (Å²) in [6.07, 6.45) is 1.10. The summed E-state index contributed by atoms with van der Waals surface area (Å²) in [5.41, 5.74) is 2.54. The number of nitrogens with zero attached hydrogens (tertiary/aromatic N) is 3. The number of amidine groups is 1. The number of methoxy groups -OCH3 is 1. The van der Waals surface area contributed by atoms with Gasteiger partial charge in [0, 0.05) is 17.2 Å². The van der Waals surface area contributed by atoms with Gasteiger partial charge in [0.1, 0.15) is 4.90 Å². The van der Waals surface area contributed by atoms with E-state index in [4.69, 9.17) is 4.74 Å². The maximum absolute atomic E-state index is 11.9. The fourth-order valence-electron chi connectivity index (χ4n) is 2.32. The van der Waals surface area contributed by atoms with Crippen LogP contribution in [-0.2, 0) is 10.0 Å². The van der Waals surface area contributed by atoms with E-state index in [1.165, 1.54) is 13.2 Å². The van der Waals surface area contributed by atoms with Crippen molar-refractivity contribution in [2.45, 2.75) is 4.90 Å². The quantitative estimate of drug-likeness (QED) is 0.466. The lowest BCUT2D eigenvalue weighted by molar-refractivity contribution is -0.385. The van der Waals surface area contributed by atoms with Gasteiger partial charge in [-0.1, -0.05) is 12.1 Å². The van der Waals surface area contributed by atoms with Gasteiger partial charge in [-0.25, -0.2) is 0 Å². The molecule has 0 fully saturated rings. The molecule has 2 N–H and O–H groups in total. The number of nitro groups is 1. The monoisotopic (exact) mass is 376 g/mol. The fraction of sp³-hybridized carbons (Fsp3) is 0.0667. The third-order valence-corrected chi connectivity index (χ3v) is 4.86. The lowest BCUT2D eigenvalue weighted by Gasteiger charge is -2.06. The maximum atomic E-state index is 11.9. The van der Waals surface area contributed by atoms with E-state index < -0.39 is 14.9 Å². The normalized spacial score (nSPS) is 14.7. The summed E-state index contributed by atoms with van der Waals surface area (Å²) in [7, 11) is -2.54. The van der Waals surface area contributed by atoms with Crippen LogP contribution in [0.25, 0.3) is 0 Å². The molecule has 0 atom stereocenters. The van der Waals surface area contributed by atoms with Gasteiger partial charge in [-0.3, -0.25) is 15.5 Å². The first-order valence-electron chi connectivity index (χ1n) is 7.12. The highest BCUT2D eigenvalue weighted by atomic mass is 32.2. The van der Waals surface area contributed by atoms with Gasteiger partial charge in [0.25, 0.3) is 15.7 Å². The van der Waals surface area contributed by atoms with Crippen LogP contribution in [0.5, 0.6) is 11.5 Å². The van der Waals surface area contributed by atoms with Crippen LogP contribution in [-0.4, -0.2) is 37.6 Å². The molecule has 0 spiro atoms. The van der Waals surface area contributed by atoms with E-state index in [0.29, 0.717) is 5.56 Å². The Morgan fingerprint density at radius 3 is 2.77 bits per heavy atom. The number of benzene rings is 2. The second-order valence-corrected chi connectivity index (χ2v) is 6.70. The van der Waals surface area contributed by atoms with Gasteiger partial charge in [0.05, 0.1) is 24.3 Å². The summed E-state index contributed by atoms with van der Waals surface area (Å²) < 4.78 is 32.4. The molecule has 0 saturated carbocycles. The molecule has 0 aliphatic carbocycles. The van der Waals surface area contributed by atoms with Crippen molar-refractivity contribution in [1.82, 2.24) is 5.43 Å². The van der Waals surface area contributed by atoms with E-state index in [1.807, 2.05) is 0 Å². The zero-order chi connectivity index (χ0) is 18.9. The van der Waals surface area contributed by atoms with Crippen molar-refractivity contribution in [1.29, 1.82) is 0 Å². The van der Waals surface area contributed by atoms with Crippen LogP contribution >= 0.6 is 0 Å². The number of phenolic OH excluding ortho intramolecular Hbond substituents is 1. The number of nitro benzene ring substituents is 1. The van der Waals surface area contributed by atoms with E-state index in [-0.39, 0.29) is 33.5 Å². The van der Waals surface area contributed by atoms with Crippen molar-refractivity contribution in [2.75, 3.05) is 7.11 Å². The van der Waals surface area contributed by atoms with E-state index in [1.54, 1.807) is 18.2 Å². The maximum Gasteiger partial charge on any atom is 0.285 e. The van der Waals surface area contributed by atoms with E-state index >= 15 is 0 Å². The molecule has 0 bridgehead atoms. The first-order chi connectivity index (χ1) is 12.3. The molecule has 1 heterocycles.